The Hall–Kier alpha value is 0.177. The fourth-order valence-corrected chi connectivity index (χ4v) is 2.57. The van der Waals surface area contributed by atoms with Crippen LogP contribution in [0.25, 0.3) is 0 Å². The maximum atomic E-state index is 5.24. The quantitative estimate of drug-likeness (QED) is 0.454. The third-order valence-corrected chi connectivity index (χ3v) is 4.96. The smallest absolute Gasteiger partial charge is 0.0519 e. The molecule has 0 bridgehead atoms. The number of hydrogen-bond donors (Lipinski definition) is 0. The van der Waals surface area contributed by atoms with Gasteiger partial charge in [-0.1, -0.05) is 13.1 Å². The normalized spacial score (nSPS) is 27.8. The molecule has 1 nitrogen and oxygen atoms in total. The lowest BCUT2D eigenvalue weighted by molar-refractivity contribution is 0.149. The molecule has 0 atom stereocenters. The predicted octanol–water partition coefficient (Wildman–Crippen LogP) is 1.72. The number of ether oxygens (including phenoxy) is 1. The Morgan fingerprint density at radius 3 is 1.88 bits per heavy atom. The van der Waals surface area contributed by atoms with Gasteiger partial charge < -0.3 is 4.74 Å². The fraction of sp³-hybridized carbons (Fsp3) is 1.00. The van der Waals surface area contributed by atoms with Crippen molar-refractivity contribution in [2.75, 3.05) is 13.2 Å². The van der Waals surface area contributed by atoms with Gasteiger partial charge >= 0.3 is 0 Å². The van der Waals surface area contributed by atoms with Crippen LogP contribution in [-0.2, 0) is 4.74 Å². The highest BCUT2D eigenvalue weighted by Gasteiger charge is 2.22. The molecule has 1 aliphatic heterocycles. The average Bonchev–Trinajstić information content (AvgIpc) is 1.65. The summed E-state index contributed by atoms with van der Waals surface area (Å²) < 4.78 is 5.24. The maximum absolute atomic E-state index is 5.24. The molecule has 0 aliphatic carbocycles. The molecule has 0 aromatic rings. The van der Waals surface area contributed by atoms with Crippen molar-refractivity contribution in [2.24, 2.45) is 0 Å². The Kier molecular flexibility index (Phi) is 1.73. The molecule has 2 heteroatoms. The largest absolute Gasteiger partial charge is 0.382 e. The summed E-state index contributed by atoms with van der Waals surface area (Å²) in [6.45, 7) is 6.93. The van der Waals surface area contributed by atoms with Crippen LogP contribution in [-0.4, -0.2) is 21.3 Å². The first kappa shape index (κ1) is 6.30. The Balaban J connectivity index is 2.33. The van der Waals surface area contributed by atoms with Crippen molar-refractivity contribution >= 4 is 8.07 Å². The summed E-state index contributed by atoms with van der Waals surface area (Å²) >= 11 is 0. The zero-order valence-corrected chi connectivity index (χ0v) is 6.74. The van der Waals surface area contributed by atoms with Crippen LogP contribution in [0.15, 0.2) is 0 Å². The van der Waals surface area contributed by atoms with Gasteiger partial charge in [-0.05, 0) is 12.1 Å². The van der Waals surface area contributed by atoms with E-state index in [2.05, 4.69) is 13.1 Å². The summed E-state index contributed by atoms with van der Waals surface area (Å²) in [5.74, 6) is 0. The predicted molar refractivity (Wildman–Crippen MR) is 37.9 cm³/mol. The lowest BCUT2D eigenvalue weighted by Gasteiger charge is -2.26. The minimum atomic E-state index is -0.715. The first-order valence-corrected chi connectivity index (χ1v) is 6.70. The zero-order valence-electron chi connectivity index (χ0n) is 5.74. The van der Waals surface area contributed by atoms with Crippen LogP contribution in [0.1, 0.15) is 0 Å². The molecule has 0 unspecified atom stereocenters. The minimum Gasteiger partial charge on any atom is -0.382 e. The summed E-state index contributed by atoms with van der Waals surface area (Å²) in [6.07, 6.45) is 0. The van der Waals surface area contributed by atoms with E-state index in [-0.39, 0.29) is 0 Å². The van der Waals surface area contributed by atoms with Crippen LogP contribution < -0.4 is 0 Å². The minimum absolute atomic E-state index is 0.715. The molecule has 0 aromatic carbocycles. The Morgan fingerprint density at radius 1 is 1.12 bits per heavy atom. The van der Waals surface area contributed by atoms with E-state index in [1.165, 1.54) is 12.1 Å². The molecule has 1 aliphatic rings. The summed E-state index contributed by atoms with van der Waals surface area (Å²) in [5, 5.41) is 0. The third kappa shape index (κ3) is 1.60. The molecule has 1 saturated heterocycles. The molecule has 0 aromatic heterocycles. The molecule has 8 heavy (non-hydrogen) atoms. The van der Waals surface area contributed by atoms with Crippen molar-refractivity contribution in [2.45, 2.75) is 25.2 Å². The third-order valence-electron chi connectivity index (χ3n) is 1.85. The van der Waals surface area contributed by atoms with Crippen LogP contribution in [0, 0.1) is 0 Å². The van der Waals surface area contributed by atoms with E-state index < -0.39 is 8.07 Å². The van der Waals surface area contributed by atoms with Crippen molar-refractivity contribution in [3.05, 3.63) is 0 Å². The van der Waals surface area contributed by atoms with E-state index in [0.717, 1.165) is 13.2 Å². The van der Waals surface area contributed by atoms with Crippen molar-refractivity contribution in [3.63, 3.8) is 0 Å². The molecule has 0 spiro atoms. The van der Waals surface area contributed by atoms with Gasteiger partial charge in [-0.25, -0.2) is 0 Å². The summed E-state index contributed by atoms with van der Waals surface area (Å²) in [6, 6.07) is 2.74. The molecule has 0 saturated carbocycles. The van der Waals surface area contributed by atoms with Gasteiger partial charge in [0.25, 0.3) is 0 Å². The molecule has 1 heterocycles. The van der Waals surface area contributed by atoms with Gasteiger partial charge in [0.1, 0.15) is 0 Å². The Morgan fingerprint density at radius 2 is 1.62 bits per heavy atom. The van der Waals surface area contributed by atoms with Gasteiger partial charge in [0.15, 0.2) is 0 Å². The molecule has 0 amide bonds. The van der Waals surface area contributed by atoms with E-state index in [1.807, 2.05) is 0 Å². The van der Waals surface area contributed by atoms with Crippen molar-refractivity contribution in [1.29, 1.82) is 0 Å². The summed E-state index contributed by atoms with van der Waals surface area (Å²) in [4.78, 5) is 0. The van der Waals surface area contributed by atoms with E-state index in [9.17, 15) is 0 Å². The van der Waals surface area contributed by atoms with Gasteiger partial charge in [0, 0.05) is 13.2 Å². The van der Waals surface area contributed by atoms with Crippen LogP contribution in [0.4, 0.5) is 0 Å². The standard InChI is InChI=1S/C6H14OSi/c1-8(2)5-3-7-4-6-8/h3-6H2,1-2H3. The topological polar surface area (TPSA) is 9.23 Å². The van der Waals surface area contributed by atoms with Gasteiger partial charge in [0.2, 0.25) is 0 Å². The van der Waals surface area contributed by atoms with Gasteiger partial charge in [-0.15, -0.1) is 0 Å². The Bertz CT molecular complexity index is 72.6. The molecule has 0 radical (unpaired) electrons. The highest BCUT2D eigenvalue weighted by molar-refractivity contribution is 6.77. The number of rotatable bonds is 0. The highest BCUT2D eigenvalue weighted by atomic mass is 28.3. The van der Waals surface area contributed by atoms with E-state index in [1.54, 1.807) is 0 Å². The van der Waals surface area contributed by atoms with Crippen LogP contribution in [0.2, 0.25) is 25.2 Å². The van der Waals surface area contributed by atoms with E-state index >= 15 is 0 Å². The number of hydrogen-bond acceptors (Lipinski definition) is 1. The Labute approximate surface area is 52.1 Å². The monoisotopic (exact) mass is 130 g/mol. The molecular weight excluding hydrogens is 116 g/mol. The second kappa shape index (κ2) is 2.19. The average molecular weight is 130 g/mol. The van der Waals surface area contributed by atoms with Crippen molar-refractivity contribution in [3.8, 4) is 0 Å². The maximum Gasteiger partial charge on any atom is 0.0519 e. The molecule has 48 valence electrons. The molecule has 1 rings (SSSR count). The zero-order chi connectivity index (χ0) is 6.04. The van der Waals surface area contributed by atoms with E-state index in [0.29, 0.717) is 0 Å². The highest BCUT2D eigenvalue weighted by Crippen LogP contribution is 2.18. The lowest BCUT2D eigenvalue weighted by Crippen LogP contribution is -2.32. The molecule has 1 fully saturated rings. The van der Waals surface area contributed by atoms with Gasteiger partial charge in [0.05, 0.1) is 8.07 Å². The second-order valence-corrected chi connectivity index (χ2v) is 8.61. The van der Waals surface area contributed by atoms with Gasteiger partial charge in [-0.3, -0.25) is 0 Å². The van der Waals surface area contributed by atoms with Crippen LogP contribution in [0.5, 0.6) is 0 Å². The first-order chi connectivity index (χ1) is 3.71. The first-order valence-electron chi connectivity index (χ1n) is 3.28. The summed E-state index contributed by atoms with van der Waals surface area (Å²) in [5.41, 5.74) is 0. The fourth-order valence-electron chi connectivity index (χ4n) is 0.924. The lowest BCUT2D eigenvalue weighted by atomic mass is 10.7. The SMILES string of the molecule is C[Si]1(C)CCOCC1. The van der Waals surface area contributed by atoms with Crippen molar-refractivity contribution < 1.29 is 4.74 Å². The van der Waals surface area contributed by atoms with E-state index in [4.69, 9.17) is 4.74 Å². The van der Waals surface area contributed by atoms with Crippen LogP contribution >= 0.6 is 0 Å². The van der Waals surface area contributed by atoms with Crippen molar-refractivity contribution in [1.82, 2.24) is 0 Å². The van der Waals surface area contributed by atoms with Gasteiger partial charge in [-0.2, -0.15) is 0 Å². The second-order valence-electron chi connectivity index (χ2n) is 3.28. The van der Waals surface area contributed by atoms with Crippen LogP contribution in [0.3, 0.4) is 0 Å². The molecule has 0 N–H and O–H groups in total. The molecular formula is C6H14OSi. The summed E-state index contributed by atoms with van der Waals surface area (Å²) in [7, 11) is -0.715.